The van der Waals surface area contributed by atoms with Gasteiger partial charge in [-0.1, -0.05) is 12.8 Å². The molecule has 1 N–H and O–H groups in total. The van der Waals surface area contributed by atoms with Crippen molar-refractivity contribution >= 4 is 17.8 Å². The molecule has 8 nitrogen and oxygen atoms in total. The second kappa shape index (κ2) is 8.83. The Kier molecular flexibility index (Phi) is 6.34. The van der Waals surface area contributed by atoms with Crippen LogP contribution in [0.1, 0.15) is 58.8 Å². The maximum absolute atomic E-state index is 12.7. The fourth-order valence-corrected chi connectivity index (χ4v) is 5.73. The van der Waals surface area contributed by atoms with Crippen LogP contribution in [0.2, 0.25) is 0 Å². The number of hydrogen-bond acceptors (Lipinski definition) is 5. The topological polar surface area (TPSA) is 82.2 Å². The van der Waals surface area contributed by atoms with Crippen LogP contribution in [0.25, 0.3) is 0 Å². The molecule has 0 aromatic heterocycles. The minimum Gasteiger partial charge on any atom is -0.373 e. The van der Waals surface area contributed by atoms with Crippen LogP contribution in [-0.2, 0) is 14.3 Å². The number of rotatable bonds is 5. The van der Waals surface area contributed by atoms with Gasteiger partial charge in [-0.05, 0) is 45.4 Å². The number of piperidine rings is 1. The summed E-state index contributed by atoms with van der Waals surface area (Å²) in [6.07, 6.45) is 6.18. The van der Waals surface area contributed by atoms with Crippen LogP contribution in [0.4, 0.5) is 4.79 Å². The lowest BCUT2D eigenvalue weighted by atomic mass is 9.95. The highest BCUT2D eigenvalue weighted by atomic mass is 16.5. The van der Waals surface area contributed by atoms with Gasteiger partial charge in [-0.2, -0.15) is 0 Å². The van der Waals surface area contributed by atoms with Crippen molar-refractivity contribution < 1.29 is 19.1 Å². The molecular weight excluding hydrogens is 384 g/mol. The number of carbonyl (C=O) groups is 3. The molecule has 3 aliphatic heterocycles. The van der Waals surface area contributed by atoms with E-state index in [0.29, 0.717) is 5.92 Å². The molecule has 1 spiro atoms. The van der Waals surface area contributed by atoms with E-state index in [4.69, 9.17) is 4.74 Å². The molecule has 4 amide bonds. The molecule has 0 aromatic carbocycles. The zero-order valence-corrected chi connectivity index (χ0v) is 18.4. The Hall–Kier alpha value is -1.67. The summed E-state index contributed by atoms with van der Waals surface area (Å²) < 4.78 is 5.82. The van der Waals surface area contributed by atoms with E-state index in [2.05, 4.69) is 24.1 Å². The first-order valence-electron chi connectivity index (χ1n) is 11.7. The SMILES string of the molecule is CC1CN(CC2CCN(C(=O)CCN3C(=O)NC4(CCCC4)C3=O)CC2)CC(C)O1. The molecule has 30 heavy (non-hydrogen) atoms. The van der Waals surface area contributed by atoms with E-state index in [1.54, 1.807) is 0 Å². The van der Waals surface area contributed by atoms with Crippen LogP contribution in [0, 0.1) is 5.92 Å². The molecule has 4 rings (SSSR count). The molecule has 168 valence electrons. The summed E-state index contributed by atoms with van der Waals surface area (Å²) in [5.74, 6) is 0.528. The highest BCUT2D eigenvalue weighted by Gasteiger charge is 2.52. The third-order valence-corrected chi connectivity index (χ3v) is 7.23. The number of nitrogens with one attached hydrogen (secondary N) is 1. The van der Waals surface area contributed by atoms with Gasteiger partial charge in [0.05, 0.1) is 12.2 Å². The third kappa shape index (κ3) is 4.49. The number of imide groups is 1. The Morgan fingerprint density at radius 1 is 1.10 bits per heavy atom. The third-order valence-electron chi connectivity index (χ3n) is 7.23. The Morgan fingerprint density at radius 2 is 1.73 bits per heavy atom. The van der Waals surface area contributed by atoms with E-state index in [9.17, 15) is 14.4 Å². The lowest BCUT2D eigenvalue weighted by Gasteiger charge is -2.39. The van der Waals surface area contributed by atoms with Gasteiger partial charge in [-0.3, -0.25) is 19.4 Å². The molecule has 1 aliphatic carbocycles. The van der Waals surface area contributed by atoms with E-state index in [0.717, 1.165) is 71.2 Å². The smallest absolute Gasteiger partial charge is 0.325 e. The first-order chi connectivity index (χ1) is 14.4. The summed E-state index contributed by atoms with van der Waals surface area (Å²) in [7, 11) is 0. The van der Waals surface area contributed by atoms with Crippen molar-refractivity contribution in [2.45, 2.75) is 76.5 Å². The Labute approximate surface area is 179 Å². The van der Waals surface area contributed by atoms with Gasteiger partial charge in [0.25, 0.3) is 5.91 Å². The molecule has 0 bridgehead atoms. The van der Waals surface area contributed by atoms with E-state index in [1.807, 2.05) is 4.90 Å². The standard InChI is InChI=1S/C22H36N4O4/c1-16-13-24(14-17(2)30-16)15-18-5-10-25(11-6-18)19(27)7-12-26-20(28)22(23-21(26)29)8-3-4-9-22/h16-18H,3-15H2,1-2H3,(H,23,29). The molecule has 2 atom stereocenters. The minimum atomic E-state index is -0.688. The molecule has 3 heterocycles. The van der Waals surface area contributed by atoms with Crippen molar-refractivity contribution in [2.75, 3.05) is 39.3 Å². The fourth-order valence-electron chi connectivity index (χ4n) is 5.73. The number of carbonyl (C=O) groups excluding carboxylic acids is 3. The predicted molar refractivity (Wildman–Crippen MR) is 112 cm³/mol. The van der Waals surface area contributed by atoms with Crippen LogP contribution in [0.15, 0.2) is 0 Å². The van der Waals surface area contributed by atoms with Crippen molar-refractivity contribution in [1.82, 2.24) is 20.0 Å². The fraction of sp³-hybridized carbons (Fsp3) is 0.864. The number of urea groups is 1. The quantitative estimate of drug-likeness (QED) is 0.683. The molecule has 3 saturated heterocycles. The average Bonchev–Trinajstić information content (AvgIpc) is 3.25. The summed E-state index contributed by atoms with van der Waals surface area (Å²) in [5, 5.41) is 2.88. The van der Waals surface area contributed by atoms with Gasteiger partial charge >= 0.3 is 6.03 Å². The number of amides is 4. The summed E-state index contributed by atoms with van der Waals surface area (Å²) in [4.78, 5) is 43.3. The van der Waals surface area contributed by atoms with E-state index < -0.39 is 5.54 Å². The maximum atomic E-state index is 12.7. The zero-order valence-electron chi connectivity index (χ0n) is 18.4. The molecule has 8 heteroatoms. The van der Waals surface area contributed by atoms with E-state index in [-0.39, 0.29) is 43.0 Å². The van der Waals surface area contributed by atoms with Crippen LogP contribution in [0.5, 0.6) is 0 Å². The van der Waals surface area contributed by atoms with Crippen LogP contribution >= 0.6 is 0 Å². The van der Waals surface area contributed by atoms with Gasteiger partial charge in [0.1, 0.15) is 5.54 Å². The zero-order chi connectivity index (χ0) is 21.3. The van der Waals surface area contributed by atoms with Gasteiger partial charge in [0.2, 0.25) is 5.91 Å². The summed E-state index contributed by atoms with van der Waals surface area (Å²) in [6, 6.07) is -0.331. The van der Waals surface area contributed by atoms with Crippen molar-refractivity contribution in [2.24, 2.45) is 5.92 Å². The van der Waals surface area contributed by atoms with Gasteiger partial charge < -0.3 is 15.0 Å². The highest BCUT2D eigenvalue weighted by molar-refractivity contribution is 6.07. The lowest BCUT2D eigenvalue weighted by molar-refractivity contribution is -0.134. The number of morpholine rings is 1. The second-order valence-corrected chi connectivity index (χ2v) is 9.73. The van der Waals surface area contributed by atoms with Gasteiger partial charge in [-0.15, -0.1) is 0 Å². The van der Waals surface area contributed by atoms with Crippen molar-refractivity contribution in [3.8, 4) is 0 Å². The Morgan fingerprint density at radius 3 is 2.37 bits per heavy atom. The van der Waals surface area contributed by atoms with E-state index in [1.165, 1.54) is 4.90 Å². The highest BCUT2D eigenvalue weighted by Crippen LogP contribution is 2.35. The molecule has 2 unspecified atom stereocenters. The largest absolute Gasteiger partial charge is 0.373 e. The second-order valence-electron chi connectivity index (χ2n) is 9.73. The first kappa shape index (κ1) is 21.6. The number of ether oxygens (including phenoxy) is 1. The minimum absolute atomic E-state index is 0.0510. The molecule has 4 aliphatic rings. The molecule has 4 fully saturated rings. The Balaban J connectivity index is 1.20. The summed E-state index contributed by atoms with van der Waals surface area (Å²) in [6.45, 7) is 9.02. The van der Waals surface area contributed by atoms with Crippen molar-refractivity contribution in [3.05, 3.63) is 0 Å². The van der Waals surface area contributed by atoms with Crippen LogP contribution in [0.3, 0.4) is 0 Å². The van der Waals surface area contributed by atoms with E-state index >= 15 is 0 Å². The normalized spacial score (nSPS) is 30.3. The number of likely N-dealkylation sites (tertiary alicyclic amines) is 1. The average molecular weight is 421 g/mol. The number of hydrogen-bond donors (Lipinski definition) is 1. The van der Waals surface area contributed by atoms with Gasteiger partial charge in [-0.25, -0.2) is 4.79 Å². The van der Waals surface area contributed by atoms with Crippen molar-refractivity contribution in [1.29, 1.82) is 0 Å². The number of nitrogens with zero attached hydrogens (tertiary/aromatic N) is 3. The Bertz CT molecular complexity index is 660. The van der Waals surface area contributed by atoms with Crippen molar-refractivity contribution in [3.63, 3.8) is 0 Å². The van der Waals surface area contributed by atoms with Gasteiger partial charge in [0, 0.05) is 45.7 Å². The summed E-state index contributed by atoms with van der Waals surface area (Å²) >= 11 is 0. The lowest BCUT2D eigenvalue weighted by Crippen LogP contribution is -2.49. The summed E-state index contributed by atoms with van der Waals surface area (Å²) in [5.41, 5.74) is -0.688. The first-order valence-corrected chi connectivity index (χ1v) is 11.7. The molecular formula is C22H36N4O4. The monoisotopic (exact) mass is 420 g/mol. The van der Waals surface area contributed by atoms with Gasteiger partial charge in [0.15, 0.2) is 0 Å². The van der Waals surface area contributed by atoms with Crippen LogP contribution < -0.4 is 5.32 Å². The maximum Gasteiger partial charge on any atom is 0.325 e. The molecule has 0 radical (unpaired) electrons. The predicted octanol–water partition coefficient (Wildman–Crippen LogP) is 1.59. The molecule has 0 aromatic rings. The van der Waals surface area contributed by atoms with Crippen LogP contribution in [-0.4, -0.2) is 89.6 Å². The molecule has 1 saturated carbocycles.